The van der Waals surface area contributed by atoms with E-state index in [4.69, 9.17) is 0 Å². The minimum absolute atomic E-state index is 0. The Labute approximate surface area is 148 Å². The van der Waals surface area contributed by atoms with E-state index in [2.05, 4.69) is 77.2 Å². The Morgan fingerprint density at radius 3 is 1.81 bits per heavy atom. The molecule has 0 fully saturated rings. The molecule has 0 aromatic heterocycles. The van der Waals surface area contributed by atoms with Crippen LogP contribution in [-0.2, 0) is 21.7 Å². The van der Waals surface area contributed by atoms with Gasteiger partial charge in [0.2, 0.25) is 0 Å². The zero-order valence-corrected chi connectivity index (χ0v) is 17.4. The molecule has 0 heterocycles. The molecule has 21 heavy (non-hydrogen) atoms. The van der Waals surface area contributed by atoms with Gasteiger partial charge in [0.25, 0.3) is 0 Å². The molecule has 1 aromatic carbocycles. The van der Waals surface area contributed by atoms with E-state index in [-0.39, 0.29) is 41.6 Å². The number of allylic oxidation sites excluding steroid dienone is 4. The summed E-state index contributed by atoms with van der Waals surface area (Å²) in [5, 5.41) is 1.64. The Bertz CT molecular complexity index is 526. The minimum atomic E-state index is -1.61. The molecule has 1 aliphatic rings. The van der Waals surface area contributed by atoms with Gasteiger partial charge in [-0.15, -0.1) is 6.92 Å². The molecule has 0 saturated carbocycles. The Morgan fingerprint density at radius 1 is 0.952 bits per heavy atom. The van der Waals surface area contributed by atoms with Gasteiger partial charge in [-0.05, 0) is 0 Å². The van der Waals surface area contributed by atoms with Gasteiger partial charge in [-0.3, -0.25) is 6.08 Å². The van der Waals surface area contributed by atoms with E-state index in [1.54, 1.807) is 0 Å². The van der Waals surface area contributed by atoms with Crippen LogP contribution >= 0.6 is 0 Å². The second-order valence-electron chi connectivity index (χ2n) is 6.12. The fourth-order valence-corrected chi connectivity index (χ4v) is 6.22. The van der Waals surface area contributed by atoms with Gasteiger partial charge >= 0.3 is 21.7 Å². The Kier molecular flexibility index (Phi) is 8.47. The third kappa shape index (κ3) is 3.52. The molecule has 0 amide bonds. The SMILES string of the molecule is CC1=[C-]C(C)([Si](C)(C)c2ccccc2)C(C)=C1C.[CH3-].[CH3-].[Ti+3]. The number of hydrogen-bond acceptors (Lipinski definition) is 0. The van der Waals surface area contributed by atoms with Crippen LogP contribution in [0.15, 0.2) is 47.1 Å². The molecule has 0 N–H and O–H groups in total. The molecule has 0 spiro atoms. The van der Waals surface area contributed by atoms with E-state index < -0.39 is 8.07 Å². The van der Waals surface area contributed by atoms with Crippen LogP contribution < -0.4 is 5.19 Å². The third-order valence-corrected chi connectivity index (χ3v) is 9.83. The Hall–Kier alpha value is -0.369. The monoisotopic (exact) mass is 333 g/mol. The standard InChI is InChI=1S/C17H23Si.2CH3.Ti/c1-13-12-17(4,15(3)14(13)2)18(5,6)16-10-8-7-9-11-16;;;/h7-11H,1-6H3;2*1H3;/q3*-1;+3. The van der Waals surface area contributed by atoms with Crippen LogP contribution in [0.25, 0.3) is 0 Å². The van der Waals surface area contributed by atoms with E-state index in [1.807, 2.05) is 0 Å². The average Bonchev–Trinajstić information content (AvgIpc) is 2.56. The summed E-state index contributed by atoms with van der Waals surface area (Å²) in [4.78, 5) is 0. The maximum absolute atomic E-state index is 3.77. The molecule has 1 aromatic rings. The Balaban J connectivity index is 0. The van der Waals surface area contributed by atoms with Crippen LogP contribution in [0.2, 0.25) is 18.1 Å². The van der Waals surface area contributed by atoms with E-state index in [0.717, 1.165) is 0 Å². The van der Waals surface area contributed by atoms with E-state index >= 15 is 0 Å². The first-order valence-electron chi connectivity index (χ1n) is 6.66. The van der Waals surface area contributed by atoms with Crippen molar-refractivity contribution in [3.05, 3.63) is 68.0 Å². The van der Waals surface area contributed by atoms with E-state index in [1.165, 1.54) is 21.9 Å². The summed E-state index contributed by atoms with van der Waals surface area (Å²) in [5.41, 5.74) is 4.29. The molecule has 113 valence electrons. The van der Waals surface area contributed by atoms with Crippen molar-refractivity contribution in [3.8, 4) is 0 Å². The van der Waals surface area contributed by atoms with Crippen LogP contribution in [-0.4, -0.2) is 8.07 Å². The van der Waals surface area contributed by atoms with Crippen LogP contribution in [0.4, 0.5) is 0 Å². The maximum atomic E-state index is 3.77. The first-order valence-corrected chi connectivity index (χ1v) is 9.66. The Morgan fingerprint density at radius 2 is 1.43 bits per heavy atom. The summed E-state index contributed by atoms with van der Waals surface area (Å²) in [6.07, 6.45) is 3.77. The van der Waals surface area contributed by atoms with Gasteiger partial charge in [0.15, 0.2) is 0 Å². The summed E-state index contributed by atoms with van der Waals surface area (Å²) in [6, 6.07) is 11.0. The van der Waals surface area contributed by atoms with E-state index in [9.17, 15) is 0 Å². The molecule has 0 nitrogen and oxygen atoms in total. The first kappa shape index (κ1) is 22.9. The van der Waals surface area contributed by atoms with Crippen molar-refractivity contribution in [2.24, 2.45) is 0 Å². The number of rotatable bonds is 2. The number of benzene rings is 1. The molecule has 0 bridgehead atoms. The summed E-state index contributed by atoms with van der Waals surface area (Å²) >= 11 is 0. The smallest absolute Gasteiger partial charge is 0.358 e. The molecule has 2 rings (SSSR count). The topological polar surface area (TPSA) is 0 Å². The predicted octanol–water partition coefficient (Wildman–Crippen LogP) is 5.36. The largest absolute Gasteiger partial charge is 3.00 e. The quantitative estimate of drug-likeness (QED) is 0.505. The van der Waals surface area contributed by atoms with Gasteiger partial charge in [-0.1, -0.05) is 74.4 Å². The molecular formula is C19H29SiTi. The van der Waals surface area contributed by atoms with Gasteiger partial charge in [-0.25, -0.2) is 5.57 Å². The van der Waals surface area contributed by atoms with Crippen molar-refractivity contribution in [3.63, 3.8) is 0 Å². The van der Waals surface area contributed by atoms with Crippen molar-refractivity contribution in [1.29, 1.82) is 0 Å². The summed E-state index contributed by atoms with van der Waals surface area (Å²) < 4.78 is 0. The van der Waals surface area contributed by atoms with Crippen molar-refractivity contribution >= 4 is 13.3 Å². The molecule has 0 aliphatic heterocycles. The van der Waals surface area contributed by atoms with Gasteiger partial charge in [0, 0.05) is 0 Å². The normalized spacial score (nSPS) is 21.0. The molecule has 1 unspecified atom stereocenters. The predicted molar refractivity (Wildman–Crippen MR) is 95.6 cm³/mol. The van der Waals surface area contributed by atoms with Crippen molar-refractivity contribution < 1.29 is 21.7 Å². The average molecular weight is 333 g/mol. The summed E-state index contributed by atoms with van der Waals surface area (Å²) in [6.45, 7) is 14.0. The van der Waals surface area contributed by atoms with E-state index in [0.29, 0.717) is 0 Å². The molecule has 1 radical (unpaired) electrons. The minimum Gasteiger partial charge on any atom is -0.358 e. The summed E-state index contributed by atoms with van der Waals surface area (Å²) in [5.74, 6) is 0. The number of hydrogen-bond donors (Lipinski definition) is 0. The zero-order chi connectivity index (χ0) is 13.6. The van der Waals surface area contributed by atoms with Crippen molar-refractivity contribution in [2.45, 2.75) is 45.8 Å². The fourth-order valence-electron chi connectivity index (χ4n) is 2.99. The fraction of sp³-hybridized carbons (Fsp3) is 0.368. The van der Waals surface area contributed by atoms with Crippen LogP contribution in [0.5, 0.6) is 0 Å². The second kappa shape index (κ2) is 7.76. The van der Waals surface area contributed by atoms with Gasteiger partial charge < -0.3 is 14.9 Å². The summed E-state index contributed by atoms with van der Waals surface area (Å²) in [7, 11) is -1.61. The third-order valence-electron chi connectivity index (χ3n) is 5.06. The second-order valence-corrected chi connectivity index (χ2v) is 10.9. The van der Waals surface area contributed by atoms with Crippen LogP contribution in [0.1, 0.15) is 27.7 Å². The van der Waals surface area contributed by atoms with Crippen LogP contribution in [0, 0.1) is 20.9 Å². The molecule has 1 aliphatic carbocycles. The molecule has 0 saturated heterocycles. The molecule has 2 heteroatoms. The van der Waals surface area contributed by atoms with Crippen LogP contribution in [0.3, 0.4) is 0 Å². The zero-order valence-electron chi connectivity index (χ0n) is 14.9. The maximum Gasteiger partial charge on any atom is 3.00 e. The van der Waals surface area contributed by atoms with Gasteiger partial charge in [0.05, 0.1) is 8.07 Å². The molecule has 1 atom stereocenters. The van der Waals surface area contributed by atoms with Crippen molar-refractivity contribution in [1.82, 2.24) is 0 Å². The molecular weight excluding hydrogens is 304 g/mol. The van der Waals surface area contributed by atoms with Crippen molar-refractivity contribution in [2.75, 3.05) is 0 Å². The van der Waals surface area contributed by atoms with Gasteiger partial charge in [-0.2, -0.15) is 11.1 Å². The van der Waals surface area contributed by atoms with Gasteiger partial charge in [0.1, 0.15) is 0 Å². The first-order chi connectivity index (χ1) is 8.30.